The van der Waals surface area contributed by atoms with E-state index in [9.17, 15) is 4.79 Å². The molecule has 0 saturated carbocycles. The Morgan fingerprint density at radius 2 is 1.32 bits per heavy atom. The van der Waals surface area contributed by atoms with Crippen LogP contribution >= 0.6 is 0 Å². The highest BCUT2D eigenvalue weighted by atomic mass is 16.5. The van der Waals surface area contributed by atoms with E-state index in [-0.39, 0.29) is 11.1 Å². The molecule has 0 aromatic heterocycles. The van der Waals surface area contributed by atoms with Gasteiger partial charge in [-0.2, -0.15) is 0 Å². The third kappa shape index (κ3) is 2.60. The largest absolute Gasteiger partial charge is 0.426 e. The lowest BCUT2D eigenvalue weighted by atomic mass is 9.94. The van der Waals surface area contributed by atoms with E-state index in [1.165, 1.54) is 0 Å². The van der Waals surface area contributed by atoms with Crippen molar-refractivity contribution in [1.29, 1.82) is 0 Å². The third-order valence-corrected chi connectivity index (χ3v) is 4.33. The summed E-state index contributed by atoms with van der Waals surface area (Å²) in [6, 6.07) is 16.2. The van der Waals surface area contributed by atoms with Crippen molar-refractivity contribution < 1.29 is 9.53 Å². The van der Waals surface area contributed by atoms with Crippen LogP contribution in [0, 0.1) is 5.41 Å². The highest BCUT2D eigenvalue weighted by Crippen LogP contribution is 2.36. The van der Waals surface area contributed by atoms with Crippen molar-refractivity contribution in [2.45, 2.75) is 20.8 Å². The maximum absolute atomic E-state index is 12.1. The lowest BCUT2D eigenvalue weighted by molar-refractivity contribution is -0.131. The number of benzene rings is 2. The predicted molar refractivity (Wildman–Crippen MR) is 98.6 cm³/mol. The van der Waals surface area contributed by atoms with Crippen LogP contribution in [0.3, 0.4) is 0 Å². The second kappa shape index (κ2) is 5.52. The van der Waals surface area contributed by atoms with Gasteiger partial charge in [-0.15, -0.1) is 10.2 Å². The molecule has 0 fully saturated rings. The van der Waals surface area contributed by atoms with Gasteiger partial charge in [0.05, 0.1) is 0 Å². The molecule has 0 spiro atoms. The van der Waals surface area contributed by atoms with Gasteiger partial charge in [0.1, 0.15) is 11.5 Å². The molecule has 4 rings (SSSR count). The number of esters is 1. The molecule has 25 heavy (non-hydrogen) atoms. The molecule has 4 heteroatoms. The van der Waals surface area contributed by atoms with Crippen molar-refractivity contribution in [2.75, 3.05) is 0 Å². The number of allylic oxidation sites excluding steroid dienone is 1. The molecule has 0 bridgehead atoms. The Labute approximate surface area is 146 Å². The van der Waals surface area contributed by atoms with Crippen LogP contribution in [-0.2, 0) is 9.53 Å². The minimum atomic E-state index is -0.450. The second-order valence-corrected chi connectivity index (χ2v) is 7.17. The van der Waals surface area contributed by atoms with Crippen LogP contribution < -0.4 is 0 Å². The highest BCUT2D eigenvalue weighted by molar-refractivity contribution is 6.43. The van der Waals surface area contributed by atoms with Crippen LogP contribution in [0.1, 0.15) is 31.9 Å². The fourth-order valence-corrected chi connectivity index (χ4v) is 3.01. The van der Waals surface area contributed by atoms with Gasteiger partial charge in [-0.05, 0) is 11.1 Å². The van der Waals surface area contributed by atoms with Crippen molar-refractivity contribution in [3.63, 3.8) is 0 Å². The Kier molecular flexibility index (Phi) is 3.42. The number of cyclic esters (lactones) is 1. The summed E-state index contributed by atoms with van der Waals surface area (Å²) in [5.41, 5.74) is 5.10. The molecule has 0 atom stereocenters. The van der Waals surface area contributed by atoms with Crippen LogP contribution in [0.15, 0.2) is 70.6 Å². The fourth-order valence-electron chi connectivity index (χ4n) is 3.01. The van der Waals surface area contributed by atoms with Gasteiger partial charge in [-0.3, -0.25) is 0 Å². The van der Waals surface area contributed by atoms with Crippen LogP contribution in [0.2, 0.25) is 0 Å². The number of ether oxygens (including phenoxy) is 1. The van der Waals surface area contributed by atoms with Gasteiger partial charge in [-0.1, -0.05) is 69.3 Å². The summed E-state index contributed by atoms with van der Waals surface area (Å²) in [4.78, 5) is 12.1. The van der Waals surface area contributed by atoms with E-state index in [1.807, 2.05) is 57.2 Å². The maximum Gasteiger partial charge on any atom is 0.364 e. The molecule has 0 saturated heterocycles. The first-order chi connectivity index (χ1) is 11.9. The zero-order chi connectivity index (χ0) is 17.6. The topological polar surface area (TPSA) is 51.0 Å². The first-order valence-corrected chi connectivity index (χ1v) is 8.24. The van der Waals surface area contributed by atoms with E-state index in [1.54, 1.807) is 6.08 Å². The first-order valence-electron chi connectivity index (χ1n) is 8.24. The quantitative estimate of drug-likeness (QED) is 0.492. The molecule has 2 aliphatic rings. The smallest absolute Gasteiger partial charge is 0.364 e. The lowest BCUT2D eigenvalue weighted by Crippen LogP contribution is -2.12. The average molecular weight is 330 g/mol. The van der Waals surface area contributed by atoms with Gasteiger partial charge in [0.2, 0.25) is 0 Å². The van der Waals surface area contributed by atoms with Gasteiger partial charge in [0, 0.05) is 22.6 Å². The molecule has 0 N–H and O–H groups in total. The predicted octanol–water partition coefficient (Wildman–Crippen LogP) is 4.35. The van der Waals surface area contributed by atoms with Crippen molar-refractivity contribution in [2.24, 2.45) is 15.6 Å². The summed E-state index contributed by atoms with van der Waals surface area (Å²) in [5.74, 6) is 0.164. The van der Waals surface area contributed by atoms with Crippen molar-refractivity contribution in [3.05, 3.63) is 71.5 Å². The van der Waals surface area contributed by atoms with Crippen LogP contribution in [0.4, 0.5) is 0 Å². The molecule has 1 aliphatic heterocycles. The normalized spacial score (nSPS) is 17.2. The maximum atomic E-state index is 12.1. The number of fused-ring (bicyclic) bond motifs is 3. The summed E-state index contributed by atoms with van der Waals surface area (Å²) in [5, 5.41) is 8.62. The van der Waals surface area contributed by atoms with Gasteiger partial charge < -0.3 is 4.74 Å². The minimum Gasteiger partial charge on any atom is -0.426 e. The molecular formula is C21H18N2O2. The zero-order valence-electron chi connectivity index (χ0n) is 14.4. The highest BCUT2D eigenvalue weighted by Gasteiger charge is 2.31. The summed E-state index contributed by atoms with van der Waals surface area (Å²) in [7, 11) is 0. The SMILES string of the molecule is CC(C)(C)C1=CC(=NN=C2c3ccccc3-c3ccccc32)C(=O)O1. The molecule has 0 unspecified atom stereocenters. The third-order valence-electron chi connectivity index (χ3n) is 4.33. The number of nitrogens with zero attached hydrogens (tertiary/aromatic N) is 2. The molecule has 0 amide bonds. The fraction of sp³-hybridized carbons (Fsp3) is 0.190. The molecule has 0 radical (unpaired) electrons. The van der Waals surface area contributed by atoms with E-state index >= 15 is 0 Å². The Hall–Kier alpha value is -3.01. The summed E-state index contributed by atoms with van der Waals surface area (Å²) < 4.78 is 5.31. The minimum absolute atomic E-state index is 0.235. The number of carbonyl (C=O) groups excluding carboxylic acids is 1. The van der Waals surface area contributed by atoms with Crippen LogP contribution in [0.5, 0.6) is 0 Å². The van der Waals surface area contributed by atoms with E-state index in [0.29, 0.717) is 5.76 Å². The molecule has 124 valence electrons. The van der Waals surface area contributed by atoms with E-state index < -0.39 is 5.97 Å². The molecule has 4 nitrogen and oxygen atoms in total. The van der Waals surface area contributed by atoms with Crippen molar-refractivity contribution in [3.8, 4) is 11.1 Å². The molecule has 2 aromatic carbocycles. The summed E-state index contributed by atoms with van der Waals surface area (Å²) >= 11 is 0. The molecule has 1 heterocycles. The zero-order valence-corrected chi connectivity index (χ0v) is 14.4. The Morgan fingerprint density at radius 1 is 0.800 bits per heavy atom. The summed E-state index contributed by atoms with van der Waals surface area (Å²) in [6.07, 6.45) is 1.68. The number of hydrogen-bond acceptors (Lipinski definition) is 4. The van der Waals surface area contributed by atoms with Gasteiger partial charge in [-0.25, -0.2) is 4.79 Å². The van der Waals surface area contributed by atoms with Crippen LogP contribution in [0.25, 0.3) is 11.1 Å². The summed E-state index contributed by atoms with van der Waals surface area (Å²) in [6.45, 7) is 5.97. The lowest BCUT2D eigenvalue weighted by Gasteiger charge is -2.17. The molecule has 2 aromatic rings. The Bertz CT molecular complexity index is 928. The molecule has 1 aliphatic carbocycles. The number of hydrogen-bond donors (Lipinski definition) is 0. The van der Waals surface area contributed by atoms with Crippen molar-refractivity contribution >= 4 is 17.4 Å². The van der Waals surface area contributed by atoms with E-state index in [4.69, 9.17) is 4.74 Å². The first kappa shape index (κ1) is 15.5. The van der Waals surface area contributed by atoms with Gasteiger partial charge in [0.15, 0.2) is 5.71 Å². The van der Waals surface area contributed by atoms with Gasteiger partial charge in [0.25, 0.3) is 0 Å². The van der Waals surface area contributed by atoms with Crippen molar-refractivity contribution in [1.82, 2.24) is 0 Å². The Morgan fingerprint density at radius 3 is 1.80 bits per heavy atom. The van der Waals surface area contributed by atoms with E-state index in [2.05, 4.69) is 22.3 Å². The standard InChI is InChI=1S/C21H18N2O2/c1-21(2,3)18-12-17(20(24)25-18)22-23-19-15-10-6-4-8-13(15)14-9-5-7-11-16(14)19/h4-12H,1-3H3. The van der Waals surface area contributed by atoms with Crippen LogP contribution in [-0.4, -0.2) is 17.4 Å². The van der Waals surface area contributed by atoms with Gasteiger partial charge >= 0.3 is 5.97 Å². The second-order valence-electron chi connectivity index (χ2n) is 7.17. The number of carbonyl (C=O) groups is 1. The number of rotatable bonds is 1. The molecular weight excluding hydrogens is 312 g/mol. The Balaban J connectivity index is 1.80. The van der Waals surface area contributed by atoms with E-state index in [0.717, 1.165) is 28.0 Å². The average Bonchev–Trinajstić information content (AvgIpc) is 3.11. The monoisotopic (exact) mass is 330 g/mol.